The topological polar surface area (TPSA) is 12.5 Å². The maximum Gasteiger partial charge on any atom is 0.0622 e. The van der Waals surface area contributed by atoms with E-state index in [9.17, 15) is 0 Å². The third-order valence-corrected chi connectivity index (χ3v) is 5.18. The number of ether oxygens (including phenoxy) is 1. The average molecular weight is 267 g/mol. The molecule has 19 heavy (non-hydrogen) atoms. The summed E-state index contributed by atoms with van der Waals surface area (Å²) in [6.45, 7) is 11.6. The predicted molar refractivity (Wildman–Crippen MR) is 81.4 cm³/mol. The summed E-state index contributed by atoms with van der Waals surface area (Å²) in [5.41, 5.74) is 0.468. The molecule has 2 rings (SSSR count). The van der Waals surface area contributed by atoms with E-state index in [4.69, 9.17) is 4.74 Å². The van der Waals surface area contributed by atoms with E-state index in [0.29, 0.717) is 11.5 Å². The van der Waals surface area contributed by atoms with E-state index in [1.54, 1.807) is 0 Å². The van der Waals surface area contributed by atoms with Crippen LogP contribution in [0.5, 0.6) is 0 Å². The molecule has 0 aromatic heterocycles. The van der Waals surface area contributed by atoms with E-state index in [2.05, 4.69) is 25.7 Å². The van der Waals surface area contributed by atoms with E-state index in [-0.39, 0.29) is 0 Å². The largest absolute Gasteiger partial charge is 0.378 e. The molecule has 2 fully saturated rings. The fourth-order valence-electron chi connectivity index (χ4n) is 3.71. The number of hydrogen-bond donors (Lipinski definition) is 0. The molecule has 2 saturated heterocycles. The standard InChI is InChI=1S/C17H33NO/c1-17(2,3)15-8-6-4-5-7-9-16-14-19-13-12-18(16)11-10-15/h15-16H,4-14H2,1-3H3. The van der Waals surface area contributed by atoms with Crippen LogP contribution >= 0.6 is 0 Å². The van der Waals surface area contributed by atoms with Crippen LogP contribution in [-0.4, -0.2) is 37.2 Å². The van der Waals surface area contributed by atoms with Gasteiger partial charge in [0.2, 0.25) is 0 Å². The van der Waals surface area contributed by atoms with Crippen LogP contribution in [-0.2, 0) is 4.74 Å². The van der Waals surface area contributed by atoms with Gasteiger partial charge in [0.25, 0.3) is 0 Å². The number of hydrogen-bond acceptors (Lipinski definition) is 2. The van der Waals surface area contributed by atoms with Crippen molar-refractivity contribution in [3.8, 4) is 0 Å². The number of fused-ring (bicyclic) bond motifs is 1. The lowest BCUT2D eigenvalue weighted by atomic mass is 9.76. The van der Waals surface area contributed by atoms with Gasteiger partial charge in [0.1, 0.15) is 0 Å². The van der Waals surface area contributed by atoms with E-state index in [1.165, 1.54) is 51.5 Å². The fourth-order valence-corrected chi connectivity index (χ4v) is 3.71. The quantitative estimate of drug-likeness (QED) is 0.655. The van der Waals surface area contributed by atoms with Gasteiger partial charge in [-0.1, -0.05) is 46.5 Å². The van der Waals surface area contributed by atoms with Crippen molar-refractivity contribution >= 4 is 0 Å². The highest BCUT2D eigenvalue weighted by atomic mass is 16.5. The highest BCUT2D eigenvalue weighted by molar-refractivity contribution is 4.80. The van der Waals surface area contributed by atoms with Crippen LogP contribution in [0.15, 0.2) is 0 Å². The van der Waals surface area contributed by atoms with Gasteiger partial charge in [-0.05, 0) is 37.1 Å². The van der Waals surface area contributed by atoms with Gasteiger partial charge >= 0.3 is 0 Å². The zero-order valence-electron chi connectivity index (χ0n) is 13.3. The molecule has 0 radical (unpaired) electrons. The van der Waals surface area contributed by atoms with Crippen molar-refractivity contribution in [1.82, 2.24) is 4.90 Å². The maximum absolute atomic E-state index is 5.69. The lowest BCUT2D eigenvalue weighted by molar-refractivity contribution is -0.0151. The molecule has 0 N–H and O–H groups in total. The van der Waals surface area contributed by atoms with E-state index in [0.717, 1.165) is 25.7 Å². The summed E-state index contributed by atoms with van der Waals surface area (Å²) in [6, 6.07) is 0.701. The number of morpholine rings is 1. The predicted octanol–water partition coefficient (Wildman–Crippen LogP) is 4.09. The van der Waals surface area contributed by atoms with E-state index >= 15 is 0 Å². The third kappa shape index (κ3) is 4.75. The molecule has 2 atom stereocenters. The highest BCUT2D eigenvalue weighted by Crippen LogP contribution is 2.34. The van der Waals surface area contributed by atoms with Crippen LogP contribution in [0.2, 0.25) is 0 Å². The van der Waals surface area contributed by atoms with Crippen LogP contribution in [0, 0.1) is 11.3 Å². The van der Waals surface area contributed by atoms with Crippen LogP contribution in [0.1, 0.15) is 65.7 Å². The molecule has 0 bridgehead atoms. The first kappa shape index (κ1) is 15.3. The van der Waals surface area contributed by atoms with Crippen molar-refractivity contribution in [3.63, 3.8) is 0 Å². The first-order valence-corrected chi connectivity index (χ1v) is 8.39. The summed E-state index contributed by atoms with van der Waals surface area (Å²) in [4.78, 5) is 2.72. The van der Waals surface area contributed by atoms with Gasteiger partial charge in [0, 0.05) is 12.6 Å². The Morgan fingerprint density at radius 3 is 2.37 bits per heavy atom. The van der Waals surface area contributed by atoms with Crippen molar-refractivity contribution in [2.24, 2.45) is 11.3 Å². The Hall–Kier alpha value is -0.0800. The third-order valence-electron chi connectivity index (χ3n) is 5.18. The fraction of sp³-hybridized carbons (Fsp3) is 1.00. The molecule has 2 aliphatic rings. The minimum absolute atomic E-state index is 0.468. The Bertz CT molecular complexity index is 258. The summed E-state index contributed by atoms with van der Waals surface area (Å²) in [6.07, 6.45) is 9.83. The van der Waals surface area contributed by atoms with Crippen molar-refractivity contribution in [2.75, 3.05) is 26.3 Å². The summed E-state index contributed by atoms with van der Waals surface area (Å²) < 4.78 is 5.69. The molecule has 0 amide bonds. The van der Waals surface area contributed by atoms with Crippen molar-refractivity contribution in [3.05, 3.63) is 0 Å². The smallest absolute Gasteiger partial charge is 0.0622 e. The van der Waals surface area contributed by atoms with Crippen LogP contribution < -0.4 is 0 Å². The number of nitrogens with zero attached hydrogens (tertiary/aromatic N) is 1. The van der Waals surface area contributed by atoms with Gasteiger partial charge in [0.05, 0.1) is 13.2 Å². The van der Waals surface area contributed by atoms with Gasteiger partial charge in [-0.2, -0.15) is 0 Å². The lowest BCUT2D eigenvalue weighted by Crippen LogP contribution is -2.46. The van der Waals surface area contributed by atoms with Gasteiger partial charge < -0.3 is 4.74 Å². The van der Waals surface area contributed by atoms with Crippen molar-refractivity contribution < 1.29 is 4.74 Å². The number of rotatable bonds is 0. The van der Waals surface area contributed by atoms with Crippen LogP contribution in [0.3, 0.4) is 0 Å². The molecule has 0 aromatic rings. The van der Waals surface area contributed by atoms with E-state index < -0.39 is 0 Å². The SMILES string of the molecule is CC(C)(C)C1CCCCCCC2COCCN2CC1. The molecule has 0 saturated carbocycles. The second kappa shape index (κ2) is 7.08. The van der Waals surface area contributed by atoms with E-state index in [1.807, 2.05) is 0 Å². The lowest BCUT2D eigenvalue weighted by Gasteiger charge is -2.38. The van der Waals surface area contributed by atoms with Gasteiger partial charge in [-0.15, -0.1) is 0 Å². The highest BCUT2D eigenvalue weighted by Gasteiger charge is 2.28. The molecular weight excluding hydrogens is 234 g/mol. The molecule has 0 aliphatic carbocycles. The molecule has 2 aliphatic heterocycles. The van der Waals surface area contributed by atoms with Crippen LogP contribution in [0.4, 0.5) is 0 Å². The first-order valence-electron chi connectivity index (χ1n) is 8.39. The first-order chi connectivity index (χ1) is 9.07. The van der Waals surface area contributed by atoms with Crippen molar-refractivity contribution in [1.29, 1.82) is 0 Å². The molecule has 0 spiro atoms. The Labute approximate surface area is 119 Å². The normalized spacial score (nSPS) is 32.4. The summed E-state index contributed by atoms with van der Waals surface area (Å²) in [7, 11) is 0. The summed E-state index contributed by atoms with van der Waals surface area (Å²) in [5, 5.41) is 0. The zero-order chi connectivity index (χ0) is 13.7. The minimum Gasteiger partial charge on any atom is -0.378 e. The van der Waals surface area contributed by atoms with Gasteiger partial charge in [-0.3, -0.25) is 4.90 Å². The average Bonchev–Trinajstić information content (AvgIpc) is 2.40. The molecule has 2 unspecified atom stereocenters. The Morgan fingerprint density at radius 2 is 1.63 bits per heavy atom. The van der Waals surface area contributed by atoms with Crippen LogP contribution in [0.25, 0.3) is 0 Å². The van der Waals surface area contributed by atoms with Crippen molar-refractivity contribution in [2.45, 2.75) is 71.8 Å². The monoisotopic (exact) mass is 267 g/mol. The van der Waals surface area contributed by atoms with Gasteiger partial charge in [-0.25, -0.2) is 0 Å². The molecule has 112 valence electrons. The minimum atomic E-state index is 0.468. The second-order valence-electron chi connectivity index (χ2n) is 7.61. The summed E-state index contributed by atoms with van der Waals surface area (Å²) in [5.74, 6) is 0.883. The molecule has 0 aromatic carbocycles. The Morgan fingerprint density at radius 1 is 0.895 bits per heavy atom. The Balaban J connectivity index is 1.97. The zero-order valence-corrected chi connectivity index (χ0v) is 13.3. The maximum atomic E-state index is 5.69. The summed E-state index contributed by atoms with van der Waals surface area (Å²) >= 11 is 0. The molecule has 2 heterocycles. The van der Waals surface area contributed by atoms with Gasteiger partial charge in [0.15, 0.2) is 0 Å². The Kier molecular flexibility index (Phi) is 5.70. The molecule has 2 heteroatoms. The second-order valence-corrected chi connectivity index (χ2v) is 7.61. The molecule has 2 nitrogen and oxygen atoms in total. The molecular formula is C17H33NO.